The van der Waals surface area contributed by atoms with Gasteiger partial charge in [0.25, 0.3) is 0 Å². The smallest absolute Gasteiger partial charge is 0.217 e. The first-order valence-electron chi connectivity index (χ1n) is 13.0. The molecular formula is C32H37BrN2O2. The maximum atomic E-state index is 12.6. The summed E-state index contributed by atoms with van der Waals surface area (Å²) < 4.78 is 6.86. The Bertz CT molecular complexity index is 1280. The summed E-state index contributed by atoms with van der Waals surface area (Å²) in [6.45, 7) is 1.000. The van der Waals surface area contributed by atoms with Gasteiger partial charge in [0, 0.05) is 21.3 Å². The van der Waals surface area contributed by atoms with Crippen LogP contribution in [0.4, 0.5) is 0 Å². The maximum absolute atomic E-state index is 12.6. The van der Waals surface area contributed by atoms with Gasteiger partial charge < -0.3 is 14.7 Å². The number of rotatable bonds is 12. The number of fused-ring (bicyclic) bond motifs is 1. The molecule has 0 aliphatic carbocycles. The number of aryl methyl sites for hydroxylation is 1. The molecule has 4 nitrogen and oxygen atoms in total. The third-order valence-electron chi connectivity index (χ3n) is 7.10. The molecule has 1 aromatic heterocycles. The summed E-state index contributed by atoms with van der Waals surface area (Å²) in [5.41, 5.74) is 3.10. The Kier molecular flexibility index (Phi) is 9.36. The second-order valence-electron chi connectivity index (χ2n) is 10.1. The molecule has 0 fully saturated rings. The Balaban J connectivity index is 1.82. The van der Waals surface area contributed by atoms with Crippen molar-refractivity contribution in [3.63, 3.8) is 0 Å². The quantitative estimate of drug-likeness (QED) is 0.185. The summed E-state index contributed by atoms with van der Waals surface area (Å²) in [6.07, 6.45) is 4.08. The second kappa shape index (κ2) is 12.7. The van der Waals surface area contributed by atoms with Crippen LogP contribution in [-0.2, 0) is 6.42 Å². The minimum absolute atomic E-state index is 0.289. The first-order chi connectivity index (χ1) is 17.9. The average molecular weight is 562 g/mol. The van der Waals surface area contributed by atoms with Gasteiger partial charge in [-0.3, -0.25) is 0 Å². The van der Waals surface area contributed by atoms with E-state index in [1.165, 1.54) is 5.56 Å². The molecule has 37 heavy (non-hydrogen) atoms. The summed E-state index contributed by atoms with van der Waals surface area (Å²) in [5.74, 6) is 0.276. The zero-order valence-electron chi connectivity index (χ0n) is 22.0. The van der Waals surface area contributed by atoms with Crippen LogP contribution in [0.25, 0.3) is 10.9 Å². The highest BCUT2D eigenvalue weighted by Gasteiger charge is 2.40. The molecule has 0 unspecified atom stereocenters. The average Bonchev–Trinajstić information content (AvgIpc) is 2.91. The van der Waals surface area contributed by atoms with Crippen molar-refractivity contribution < 1.29 is 9.84 Å². The number of aromatic nitrogens is 1. The van der Waals surface area contributed by atoms with Gasteiger partial charge in [-0.1, -0.05) is 76.6 Å². The first kappa shape index (κ1) is 27.3. The van der Waals surface area contributed by atoms with E-state index in [4.69, 9.17) is 9.72 Å². The van der Waals surface area contributed by atoms with Crippen LogP contribution in [0.1, 0.15) is 48.3 Å². The van der Waals surface area contributed by atoms with Crippen LogP contribution in [0.5, 0.6) is 5.88 Å². The fraction of sp³-hybridized carbons (Fsp3) is 0.344. The Morgan fingerprint density at radius 3 is 2.30 bits per heavy atom. The minimum Gasteiger partial charge on any atom is -0.481 e. The Labute approximate surface area is 229 Å². The van der Waals surface area contributed by atoms with Crippen LogP contribution < -0.4 is 4.74 Å². The first-order valence-corrected chi connectivity index (χ1v) is 13.8. The number of ether oxygens (including phenoxy) is 1. The van der Waals surface area contributed by atoms with Crippen molar-refractivity contribution in [3.8, 4) is 5.88 Å². The van der Waals surface area contributed by atoms with E-state index in [9.17, 15) is 5.11 Å². The second-order valence-corrected chi connectivity index (χ2v) is 11.0. The largest absolute Gasteiger partial charge is 0.481 e. The summed E-state index contributed by atoms with van der Waals surface area (Å²) in [6, 6.07) is 29.0. The zero-order chi connectivity index (χ0) is 26.3. The van der Waals surface area contributed by atoms with Gasteiger partial charge in [-0.25, -0.2) is 4.98 Å². The van der Waals surface area contributed by atoms with Gasteiger partial charge >= 0.3 is 0 Å². The highest BCUT2D eigenvalue weighted by molar-refractivity contribution is 9.10. The molecular weight excluding hydrogens is 524 g/mol. The Morgan fingerprint density at radius 2 is 1.62 bits per heavy atom. The monoisotopic (exact) mass is 560 g/mol. The number of halogens is 1. The topological polar surface area (TPSA) is 45.6 Å². The molecule has 0 saturated heterocycles. The fourth-order valence-electron chi connectivity index (χ4n) is 5.22. The maximum Gasteiger partial charge on any atom is 0.217 e. The predicted molar refractivity (Wildman–Crippen MR) is 156 cm³/mol. The van der Waals surface area contributed by atoms with E-state index in [-0.39, 0.29) is 5.92 Å². The normalized spacial score (nSPS) is 14.0. The minimum atomic E-state index is -0.988. The molecule has 1 N–H and O–H groups in total. The molecule has 5 heteroatoms. The van der Waals surface area contributed by atoms with E-state index in [1.54, 1.807) is 7.11 Å². The van der Waals surface area contributed by atoms with E-state index in [0.29, 0.717) is 18.7 Å². The molecule has 0 bridgehead atoms. The van der Waals surface area contributed by atoms with Crippen LogP contribution in [0.15, 0.2) is 89.4 Å². The van der Waals surface area contributed by atoms with E-state index in [2.05, 4.69) is 83.5 Å². The van der Waals surface area contributed by atoms with Crippen molar-refractivity contribution in [2.75, 3.05) is 27.7 Å². The standard InChI is InChI=1S/C32H37BrN2O2/c1-35(2)21-11-10-19-32(36,20-18-24-12-6-4-7-13-24)30(25-14-8-5-9-15-25)28-23-26-22-27(33)16-17-29(26)34-31(28)37-3/h4-9,12-17,22-23,30,36H,10-11,18-21H2,1-3H3/t30-,32-/m0/s1. The van der Waals surface area contributed by atoms with Crippen LogP contribution in [0, 0.1) is 0 Å². The van der Waals surface area contributed by atoms with Crippen molar-refractivity contribution in [3.05, 3.63) is 106 Å². The van der Waals surface area contributed by atoms with Gasteiger partial charge in [0.2, 0.25) is 5.88 Å². The number of aliphatic hydroxyl groups is 1. The fourth-order valence-corrected chi connectivity index (χ4v) is 5.60. The number of hydrogen-bond donors (Lipinski definition) is 1. The summed E-state index contributed by atoms with van der Waals surface area (Å²) in [4.78, 5) is 7.07. The van der Waals surface area contributed by atoms with Gasteiger partial charge in [-0.05, 0) is 88.1 Å². The number of nitrogens with zero attached hydrogens (tertiary/aromatic N) is 2. The summed E-state index contributed by atoms with van der Waals surface area (Å²) >= 11 is 3.61. The molecule has 0 radical (unpaired) electrons. The number of hydrogen-bond acceptors (Lipinski definition) is 4. The molecule has 4 rings (SSSR count). The Hall–Kier alpha value is -2.73. The third-order valence-corrected chi connectivity index (χ3v) is 7.59. The molecule has 0 saturated carbocycles. The van der Waals surface area contributed by atoms with Crippen molar-refractivity contribution >= 4 is 26.8 Å². The summed E-state index contributed by atoms with van der Waals surface area (Å²) in [7, 11) is 5.86. The molecule has 2 atom stereocenters. The van der Waals surface area contributed by atoms with E-state index in [1.807, 2.05) is 36.4 Å². The van der Waals surface area contributed by atoms with Gasteiger partial charge in [0.1, 0.15) is 0 Å². The van der Waals surface area contributed by atoms with Gasteiger partial charge in [-0.2, -0.15) is 0 Å². The molecule has 194 valence electrons. The lowest BCUT2D eigenvalue weighted by Gasteiger charge is -2.38. The van der Waals surface area contributed by atoms with Gasteiger partial charge in [0.05, 0.1) is 18.2 Å². The van der Waals surface area contributed by atoms with Crippen LogP contribution >= 0.6 is 15.9 Å². The molecule has 0 aliphatic rings. The van der Waals surface area contributed by atoms with Crippen LogP contribution in [-0.4, -0.2) is 48.3 Å². The number of unbranched alkanes of at least 4 members (excludes halogenated alkanes) is 1. The van der Waals surface area contributed by atoms with Crippen molar-refractivity contribution in [1.82, 2.24) is 9.88 Å². The molecule has 0 aliphatic heterocycles. The Morgan fingerprint density at radius 1 is 0.919 bits per heavy atom. The SMILES string of the molecule is COc1nc2ccc(Br)cc2cc1[C@H](c1ccccc1)[C@](O)(CCCCN(C)C)CCc1ccccc1. The molecule has 3 aromatic carbocycles. The lowest BCUT2D eigenvalue weighted by Crippen LogP contribution is -2.38. The van der Waals surface area contributed by atoms with Gasteiger partial charge in [0.15, 0.2) is 0 Å². The third kappa shape index (κ3) is 6.98. The number of methoxy groups -OCH3 is 1. The number of pyridine rings is 1. The van der Waals surface area contributed by atoms with E-state index < -0.39 is 5.60 Å². The van der Waals surface area contributed by atoms with E-state index >= 15 is 0 Å². The van der Waals surface area contributed by atoms with E-state index in [0.717, 1.165) is 52.3 Å². The summed E-state index contributed by atoms with van der Waals surface area (Å²) in [5, 5.41) is 13.7. The molecule has 0 spiro atoms. The van der Waals surface area contributed by atoms with Crippen LogP contribution in [0.3, 0.4) is 0 Å². The molecule has 0 amide bonds. The van der Waals surface area contributed by atoms with Crippen molar-refractivity contribution in [2.24, 2.45) is 0 Å². The van der Waals surface area contributed by atoms with Crippen molar-refractivity contribution in [2.45, 2.75) is 43.6 Å². The number of benzene rings is 3. The van der Waals surface area contributed by atoms with Gasteiger partial charge in [-0.15, -0.1) is 0 Å². The predicted octanol–water partition coefficient (Wildman–Crippen LogP) is 7.23. The lowest BCUT2D eigenvalue weighted by atomic mass is 9.72. The van der Waals surface area contributed by atoms with Crippen LogP contribution in [0.2, 0.25) is 0 Å². The highest BCUT2D eigenvalue weighted by atomic mass is 79.9. The van der Waals surface area contributed by atoms with Crippen molar-refractivity contribution in [1.29, 1.82) is 0 Å². The zero-order valence-corrected chi connectivity index (χ0v) is 23.6. The molecule has 4 aromatic rings. The molecule has 1 heterocycles. The highest BCUT2D eigenvalue weighted by Crippen LogP contribution is 2.45. The lowest BCUT2D eigenvalue weighted by molar-refractivity contribution is 0.00356.